The van der Waals surface area contributed by atoms with E-state index in [9.17, 15) is 0 Å². The number of nitrogens with two attached hydrogens (primary N) is 1. The van der Waals surface area contributed by atoms with Crippen LogP contribution in [0.2, 0.25) is 0 Å². The van der Waals surface area contributed by atoms with Crippen molar-refractivity contribution in [2.45, 2.75) is 18.8 Å². The lowest BCUT2D eigenvalue weighted by molar-refractivity contribution is 0.234. The van der Waals surface area contributed by atoms with Gasteiger partial charge in [0.25, 0.3) is 0 Å². The Morgan fingerprint density at radius 1 is 1.20 bits per heavy atom. The van der Waals surface area contributed by atoms with E-state index in [1.54, 1.807) is 0 Å². The Balaban J connectivity index is 4.02. The zero-order valence-electron chi connectivity index (χ0n) is 7.15. The molecule has 10 heavy (non-hydrogen) atoms. The summed E-state index contributed by atoms with van der Waals surface area (Å²) in [7, 11) is 5.52. The van der Waals surface area contributed by atoms with Crippen molar-refractivity contribution in [3.8, 4) is 0 Å². The predicted octanol–water partition coefficient (Wildman–Crippen LogP) is -1.35. The first-order valence-corrected chi connectivity index (χ1v) is 3.44. The molecular formula is C6H18N4. The first kappa shape index (κ1) is 9.84. The maximum Gasteiger partial charge on any atom is 0.136 e. The summed E-state index contributed by atoms with van der Waals surface area (Å²) in [6, 6.07) is 0.183. The van der Waals surface area contributed by atoms with Crippen LogP contribution in [0.15, 0.2) is 0 Å². The average molecular weight is 146 g/mol. The minimum atomic E-state index is -0.519. The van der Waals surface area contributed by atoms with Gasteiger partial charge in [0.2, 0.25) is 0 Å². The summed E-state index contributed by atoms with van der Waals surface area (Å²) in [6.07, 6.45) is 0. The second-order valence-corrected chi connectivity index (χ2v) is 2.38. The van der Waals surface area contributed by atoms with Crippen LogP contribution >= 0.6 is 0 Å². The minimum absolute atomic E-state index is 0.183. The van der Waals surface area contributed by atoms with E-state index in [1.807, 2.05) is 28.1 Å². The fraction of sp³-hybridized carbons (Fsp3) is 1.00. The minimum Gasteiger partial charge on any atom is -0.313 e. The highest BCUT2D eigenvalue weighted by atomic mass is 15.3. The van der Waals surface area contributed by atoms with E-state index < -0.39 is 5.79 Å². The summed E-state index contributed by atoms with van der Waals surface area (Å²) >= 11 is 0. The van der Waals surface area contributed by atoms with Gasteiger partial charge in [-0.05, 0) is 28.1 Å². The van der Waals surface area contributed by atoms with Crippen LogP contribution in [0, 0.1) is 0 Å². The molecule has 0 spiro atoms. The Hall–Kier alpha value is -0.160. The largest absolute Gasteiger partial charge is 0.313 e. The molecule has 0 aliphatic rings. The van der Waals surface area contributed by atoms with Crippen LogP contribution in [-0.4, -0.2) is 33.0 Å². The lowest BCUT2D eigenvalue weighted by Gasteiger charge is -2.34. The molecule has 5 N–H and O–H groups in total. The Bertz CT molecular complexity index is 89.7. The summed E-state index contributed by atoms with van der Waals surface area (Å²) in [5.74, 6) is -0.519. The second-order valence-electron chi connectivity index (χ2n) is 2.38. The van der Waals surface area contributed by atoms with Gasteiger partial charge in [0.15, 0.2) is 0 Å². The summed E-state index contributed by atoms with van der Waals surface area (Å²) in [5.41, 5.74) is 5.87. The molecule has 0 bridgehead atoms. The Labute approximate surface area is 62.6 Å². The van der Waals surface area contributed by atoms with Gasteiger partial charge in [-0.2, -0.15) is 0 Å². The van der Waals surface area contributed by atoms with Crippen molar-refractivity contribution in [2.24, 2.45) is 5.73 Å². The molecule has 0 radical (unpaired) electrons. The van der Waals surface area contributed by atoms with E-state index in [4.69, 9.17) is 5.73 Å². The van der Waals surface area contributed by atoms with E-state index in [0.717, 1.165) is 0 Å². The molecule has 0 aliphatic carbocycles. The number of hydrogen-bond donors (Lipinski definition) is 4. The lowest BCUT2D eigenvalue weighted by Crippen LogP contribution is -2.70. The third kappa shape index (κ3) is 1.91. The number of hydrogen-bond acceptors (Lipinski definition) is 4. The van der Waals surface area contributed by atoms with Crippen LogP contribution in [-0.2, 0) is 0 Å². The number of nitrogens with one attached hydrogen (secondary N) is 3. The van der Waals surface area contributed by atoms with Crippen LogP contribution in [0.1, 0.15) is 6.92 Å². The third-order valence-corrected chi connectivity index (χ3v) is 1.94. The normalized spacial score (nSPS) is 15.3. The lowest BCUT2D eigenvalue weighted by atomic mass is 10.2. The monoisotopic (exact) mass is 146 g/mol. The van der Waals surface area contributed by atoms with Gasteiger partial charge < -0.3 is 5.32 Å². The molecule has 4 nitrogen and oxygen atoms in total. The predicted molar refractivity (Wildman–Crippen MR) is 43.6 cm³/mol. The van der Waals surface area contributed by atoms with Crippen molar-refractivity contribution in [3.05, 3.63) is 0 Å². The highest BCUT2D eigenvalue weighted by molar-refractivity contribution is 4.85. The Kier molecular flexibility index (Phi) is 3.81. The van der Waals surface area contributed by atoms with Gasteiger partial charge in [0.1, 0.15) is 5.79 Å². The van der Waals surface area contributed by atoms with Crippen molar-refractivity contribution >= 4 is 0 Å². The summed E-state index contributed by atoms with van der Waals surface area (Å²) < 4.78 is 0. The average Bonchev–Trinajstić information content (AvgIpc) is 2.01. The van der Waals surface area contributed by atoms with E-state index >= 15 is 0 Å². The summed E-state index contributed by atoms with van der Waals surface area (Å²) in [6.45, 7) is 2.01. The maximum atomic E-state index is 5.87. The van der Waals surface area contributed by atoms with Crippen molar-refractivity contribution in [1.29, 1.82) is 0 Å². The highest BCUT2D eigenvalue weighted by Gasteiger charge is 2.26. The molecular weight excluding hydrogens is 128 g/mol. The van der Waals surface area contributed by atoms with Crippen molar-refractivity contribution in [1.82, 2.24) is 16.0 Å². The van der Waals surface area contributed by atoms with Crippen LogP contribution in [0.25, 0.3) is 0 Å². The zero-order chi connectivity index (χ0) is 8.20. The number of rotatable bonds is 4. The maximum absolute atomic E-state index is 5.87. The SMILES string of the molecule is CNC(C)C(N)(NC)NC. The van der Waals surface area contributed by atoms with E-state index in [2.05, 4.69) is 16.0 Å². The van der Waals surface area contributed by atoms with Crippen LogP contribution in [0.4, 0.5) is 0 Å². The van der Waals surface area contributed by atoms with Crippen molar-refractivity contribution < 1.29 is 0 Å². The van der Waals surface area contributed by atoms with Gasteiger partial charge in [-0.1, -0.05) is 0 Å². The van der Waals surface area contributed by atoms with Gasteiger partial charge in [-0.25, -0.2) is 0 Å². The molecule has 0 fully saturated rings. The Morgan fingerprint density at radius 2 is 1.60 bits per heavy atom. The second kappa shape index (κ2) is 3.88. The third-order valence-electron chi connectivity index (χ3n) is 1.94. The van der Waals surface area contributed by atoms with Crippen molar-refractivity contribution in [2.75, 3.05) is 21.1 Å². The first-order chi connectivity index (χ1) is 4.60. The molecule has 0 heterocycles. The molecule has 0 aromatic rings. The fourth-order valence-electron chi connectivity index (χ4n) is 0.786. The van der Waals surface area contributed by atoms with E-state index in [0.29, 0.717) is 0 Å². The molecule has 0 saturated heterocycles. The Morgan fingerprint density at radius 3 is 1.70 bits per heavy atom. The molecule has 62 valence electrons. The van der Waals surface area contributed by atoms with Gasteiger partial charge in [-0.15, -0.1) is 0 Å². The smallest absolute Gasteiger partial charge is 0.136 e. The van der Waals surface area contributed by atoms with Gasteiger partial charge in [0, 0.05) is 6.04 Å². The topological polar surface area (TPSA) is 62.1 Å². The molecule has 1 atom stereocenters. The van der Waals surface area contributed by atoms with Crippen LogP contribution < -0.4 is 21.7 Å². The zero-order valence-corrected chi connectivity index (χ0v) is 7.15. The van der Waals surface area contributed by atoms with Crippen LogP contribution in [0.5, 0.6) is 0 Å². The molecule has 0 amide bonds. The van der Waals surface area contributed by atoms with E-state index in [-0.39, 0.29) is 6.04 Å². The molecule has 0 aliphatic heterocycles. The molecule has 0 rings (SSSR count). The standard InChI is InChI=1S/C6H18N4/c1-5(8-2)6(7,9-3)10-4/h5,8-10H,7H2,1-4H3. The summed E-state index contributed by atoms with van der Waals surface area (Å²) in [4.78, 5) is 0. The first-order valence-electron chi connectivity index (χ1n) is 3.44. The van der Waals surface area contributed by atoms with Gasteiger partial charge in [-0.3, -0.25) is 16.4 Å². The highest BCUT2D eigenvalue weighted by Crippen LogP contribution is 1.94. The molecule has 4 heteroatoms. The van der Waals surface area contributed by atoms with Crippen LogP contribution in [0.3, 0.4) is 0 Å². The van der Waals surface area contributed by atoms with Gasteiger partial charge in [0.05, 0.1) is 0 Å². The molecule has 1 unspecified atom stereocenters. The quantitative estimate of drug-likeness (QED) is 0.370. The van der Waals surface area contributed by atoms with Gasteiger partial charge >= 0.3 is 0 Å². The fourth-order valence-corrected chi connectivity index (χ4v) is 0.786. The molecule has 0 saturated carbocycles. The summed E-state index contributed by atoms with van der Waals surface area (Å²) in [5, 5.41) is 9.02. The number of likely N-dealkylation sites (N-methyl/N-ethyl adjacent to an activating group) is 3. The molecule has 0 aromatic carbocycles. The van der Waals surface area contributed by atoms with Crippen molar-refractivity contribution in [3.63, 3.8) is 0 Å². The van der Waals surface area contributed by atoms with E-state index in [1.165, 1.54) is 0 Å². The molecule has 0 aromatic heterocycles.